The second-order valence-corrected chi connectivity index (χ2v) is 10.4. The average molecular weight is 513 g/mol. The van der Waals surface area contributed by atoms with Gasteiger partial charge in [-0.25, -0.2) is 9.59 Å². The fourth-order valence-electron chi connectivity index (χ4n) is 4.95. The Kier molecular flexibility index (Phi) is 10.8. The number of amides is 1. The van der Waals surface area contributed by atoms with Crippen LogP contribution in [0.1, 0.15) is 36.8 Å². The first-order valence-corrected chi connectivity index (χ1v) is 13.7. The summed E-state index contributed by atoms with van der Waals surface area (Å²) in [5, 5.41) is 14.8. The maximum absolute atomic E-state index is 13.2. The van der Waals surface area contributed by atoms with Gasteiger partial charge in [0, 0.05) is 31.1 Å². The molecule has 2 aliphatic rings. The Balaban J connectivity index is 0.000000538. The molecule has 36 heavy (non-hydrogen) atoms. The molecule has 1 atom stereocenters. The molecule has 0 radical (unpaired) electrons. The number of hydrogen-bond acceptors (Lipinski definition) is 5. The summed E-state index contributed by atoms with van der Waals surface area (Å²) in [5.41, 5.74) is 2.78. The van der Waals surface area contributed by atoms with E-state index >= 15 is 0 Å². The van der Waals surface area contributed by atoms with Crippen LogP contribution in [0, 0.1) is 11.8 Å². The van der Waals surface area contributed by atoms with E-state index < -0.39 is 11.9 Å². The molecule has 194 valence electrons. The van der Waals surface area contributed by atoms with Gasteiger partial charge in [0.2, 0.25) is 5.91 Å². The van der Waals surface area contributed by atoms with Crippen molar-refractivity contribution in [1.29, 1.82) is 0 Å². The van der Waals surface area contributed by atoms with Crippen molar-refractivity contribution in [3.63, 3.8) is 0 Å². The Morgan fingerprint density at radius 3 is 2.08 bits per heavy atom. The van der Waals surface area contributed by atoms with Gasteiger partial charge in [0.1, 0.15) is 0 Å². The van der Waals surface area contributed by atoms with E-state index in [-0.39, 0.29) is 5.92 Å². The number of hydrogen-bond donors (Lipinski definition) is 2. The average Bonchev–Trinajstić information content (AvgIpc) is 2.90. The van der Waals surface area contributed by atoms with Crippen molar-refractivity contribution >= 4 is 29.6 Å². The lowest BCUT2D eigenvalue weighted by Crippen LogP contribution is -2.47. The zero-order valence-electron chi connectivity index (χ0n) is 20.8. The fourth-order valence-corrected chi connectivity index (χ4v) is 5.36. The predicted octanol–water partition coefficient (Wildman–Crippen LogP) is 4.26. The van der Waals surface area contributed by atoms with Gasteiger partial charge in [0.05, 0.1) is 5.92 Å². The molecule has 2 heterocycles. The van der Waals surface area contributed by atoms with E-state index in [1.54, 1.807) is 11.8 Å². The smallest absolute Gasteiger partial charge is 0.414 e. The number of aliphatic carboxylic acids is 2. The van der Waals surface area contributed by atoms with Crippen molar-refractivity contribution < 1.29 is 24.6 Å². The molecule has 0 aromatic heterocycles. The quantitative estimate of drug-likeness (QED) is 0.441. The molecule has 1 unspecified atom stereocenters. The third-order valence-corrected chi connectivity index (χ3v) is 7.64. The molecule has 2 aliphatic heterocycles. The number of carboxylic acid groups (broad SMARTS) is 2. The Hall–Kier alpha value is -2.84. The Morgan fingerprint density at radius 1 is 0.861 bits per heavy atom. The van der Waals surface area contributed by atoms with Crippen LogP contribution in [0.25, 0.3) is 0 Å². The van der Waals surface area contributed by atoms with Crippen molar-refractivity contribution in [2.45, 2.75) is 43.5 Å². The van der Waals surface area contributed by atoms with E-state index in [2.05, 4.69) is 70.7 Å². The normalized spacial score (nSPS) is 18.7. The second-order valence-electron chi connectivity index (χ2n) is 9.49. The summed E-state index contributed by atoms with van der Waals surface area (Å²) in [5.74, 6) is -2.36. The van der Waals surface area contributed by atoms with Gasteiger partial charge >= 0.3 is 11.9 Å². The molecule has 0 saturated carbocycles. The lowest BCUT2D eigenvalue weighted by Gasteiger charge is -2.38. The van der Waals surface area contributed by atoms with E-state index in [9.17, 15) is 4.79 Å². The molecular weight excluding hydrogens is 476 g/mol. The molecular formula is C28H36N2O5S. The van der Waals surface area contributed by atoms with E-state index in [1.165, 1.54) is 16.0 Å². The highest BCUT2D eigenvalue weighted by Gasteiger charge is 2.31. The van der Waals surface area contributed by atoms with Crippen molar-refractivity contribution in [2.24, 2.45) is 11.8 Å². The number of piperidine rings is 2. The van der Waals surface area contributed by atoms with Crippen molar-refractivity contribution in [3.05, 3.63) is 65.7 Å². The fraction of sp³-hybridized carbons (Fsp3) is 0.464. The Morgan fingerprint density at radius 2 is 1.50 bits per heavy atom. The summed E-state index contributed by atoms with van der Waals surface area (Å²) < 4.78 is 0. The minimum Gasteiger partial charge on any atom is -0.473 e. The summed E-state index contributed by atoms with van der Waals surface area (Å²) in [6.45, 7) is 4.84. The standard InChI is InChI=1S/C26H34N2OS.C2H2O4/c1-30-25-11-9-23(10-12-25)19-27-15-5-8-24(20-27)26(29)28-16-13-22(14-17-28)18-21-6-3-2-4-7-21;3-1(4)2(5)6/h2-4,6-7,9-12,22,24H,5,8,13-20H2,1H3;(H,3,4)(H,5,6). The molecule has 2 N–H and O–H groups in total. The van der Waals surface area contributed by atoms with Gasteiger partial charge < -0.3 is 15.1 Å². The van der Waals surface area contributed by atoms with Crippen LogP contribution in [0.2, 0.25) is 0 Å². The summed E-state index contributed by atoms with van der Waals surface area (Å²) in [7, 11) is 0. The van der Waals surface area contributed by atoms with Gasteiger partial charge in [-0.1, -0.05) is 42.5 Å². The first-order valence-electron chi connectivity index (χ1n) is 12.5. The van der Waals surface area contributed by atoms with Gasteiger partial charge in [0.25, 0.3) is 0 Å². The highest BCUT2D eigenvalue weighted by atomic mass is 32.2. The highest BCUT2D eigenvalue weighted by Crippen LogP contribution is 2.26. The largest absolute Gasteiger partial charge is 0.473 e. The van der Waals surface area contributed by atoms with Crippen LogP contribution < -0.4 is 0 Å². The molecule has 8 heteroatoms. The molecule has 2 saturated heterocycles. The number of carbonyl (C=O) groups excluding carboxylic acids is 1. The molecule has 0 bridgehead atoms. The Labute approximate surface area is 217 Å². The van der Waals surface area contributed by atoms with Crippen molar-refractivity contribution in [1.82, 2.24) is 9.80 Å². The monoisotopic (exact) mass is 512 g/mol. The number of likely N-dealkylation sites (tertiary alicyclic amines) is 2. The SMILES string of the molecule is CSc1ccc(CN2CCCC(C(=O)N3CCC(Cc4ccccc4)CC3)C2)cc1.O=C(O)C(=O)O. The lowest BCUT2D eigenvalue weighted by atomic mass is 9.89. The third-order valence-electron chi connectivity index (χ3n) is 6.90. The van der Waals surface area contributed by atoms with Gasteiger partial charge in [-0.2, -0.15) is 0 Å². The first-order chi connectivity index (χ1) is 17.4. The van der Waals surface area contributed by atoms with Crippen LogP contribution in [-0.2, 0) is 27.3 Å². The van der Waals surface area contributed by atoms with Crippen LogP contribution >= 0.6 is 11.8 Å². The summed E-state index contributed by atoms with van der Waals surface area (Å²) in [4.78, 5) is 37.3. The van der Waals surface area contributed by atoms with Crippen LogP contribution in [0.3, 0.4) is 0 Å². The summed E-state index contributed by atoms with van der Waals surface area (Å²) in [6, 6.07) is 19.6. The number of thioether (sulfide) groups is 1. The lowest BCUT2D eigenvalue weighted by molar-refractivity contribution is -0.159. The van der Waals surface area contributed by atoms with E-state index in [1.807, 2.05) is 0 Å². The minimum atomic E-state index is -1.82. The van der Waals surface area contributed by atoms with Crippen LogP contribution in [0.15, 0.2) is 59.5 Å². The number of carbonyl (C=O) groups is 3. The number of carboxylic acids is 2. The molecule has 2 fully saturated rings. The van der Waals surface area contributed by atoms with Crippen molar-refractivity contribution in [3.8, 4) is 0 Å². The number of nitrogens with zero attached hydrogens (tertiary/aromatic N) is 2. The predicted molar refractivity (Wildman–Crippen MR) is 141 cm³/mol. The second kappa shape index (κ2) is 14.0. The molecule has 7 nitrogen and oxygen atoms in total. The number of rotatable bonds is 6. The Bertz CT molecular complexity index is 979. The number of benzene rings is 2. The molecule has 0 aliphatic carbocycles. The molecule has 2 aromatic carbocycles. The zero-order chi connectivity index (χ0) is 25.9. The topological polar surface area (TPSA) is 98.2 Å². The van der Waals surface area contributed by atoms with Crippen LogP contribution in [0.4, 0.5) is 0 Å². The van der Waals surface area contributed by atoms with Gasteiger partial charge in [0.15, 0.2) is 0 Å². The van der Waals surface area contributed by atoms with E-state index in [4.69, 9.17) is 19.8 Å². The van der Waals surface area contributed by atoms with Crippen molar-refractivity contribution in [2.75, 3.05) is 32.4 Å². The van der Waals surface area contributed by atoms with Gasteiger partial charge in [-0.15, -0.1) is 11.8 Å². The maximum atomic E-state index is 13.2. The maximum Gasteiger partial charge on any atom is 0.414 e. The summed E-state index contributed by atoms with van der Waals surface area (Å²) in [6.07, 6.45) is 7.71. The molecule has 4 rings (SSSR count). The van der Waals surface area contributed by atoms with E-state index in [0.29, 0.717) is 11.8 Å². The third kappa shape index (κ3) is 8.68. The van der Waals surface area contributed by atoms with Crippen LogP contribution in [0.5, 0.6) is 0 Å². The van der Waals surface area contributed by atoms with Gasteiger partial charge in [-0.05, 0) is 74.1 Å². The molecule has 1 amide bonds. The molecule has 0 spiro atoms. The molecule has 2 aromatic rings. The van der Waals surface area contributed by atoms with E-state index in [0.717, 1.165) is 64.8 Å². The van der Waals surface area contributed by atoms with Gasteiger partial charge in [-0.3, -0.25) is 9.69 Å². The summed E-state index contributed by atoms with van der Waals surface area (Å²) >= 11 is 1.78. The first kappa shape index (κ1) is 27.7. The highest BCUT2D eigenvalue weighted by molar-refractivity contribution is 7.98. The van der Waals surface area contributed by atoms with Crippen LogP contribution in [-0.4, -0.2) is 70.3 Å². The zero-order valence-corrected chi connectivity index (χ0v) is 21.7. The minimum absolute atomic E-state index is 0.176.